The molecule has 1 unspecified atom stereocenters. The van der Waals surface area contributed by atoms with E-state index in [1.54, 1.807) is 0 Å². The number of nitrogens with zero attached hydrogens (tertiary/aromatic N) is 1. The maximum absolute atomic E-state index is 12.9. The van der Waals surface area contributed by atoms with E-state index in [2.05, 4.69) is 4.98 Å². The van der Waals surface area contributed by atoms with Crippen LogP contribution in [0.2, 0.25) is 5.02 Å². The predicted molar refractivity (Wildman–Crippen MR) is 69.2 cm³/mol. The summed E-state index contributed by atoms with van der Waals surface area (Å²) in [5, 5.41) is 10.3. The number of aliphatic hydroxyl groups is 1. The van der Waals surface area contributed by atoms with E-state index in [9.17, 15) is 18.3 Å². The molecule has 1 atom stereocenters. The molecule has 1 aromatic carbocycles. The minimum Gasteiger partial charge on any atom is -0.383 e. The molecule has 1 aromatic heterocycles. The van der Waals surface area contributed by atoms with E-state index in [1.807, 2.05) is 0 Å². The Morgan fingerprint density at radius 2 is 1.85 bits per heavy atom. The van der Waals surface area contributed by atoms with Crippen LogP contribution in [0.15, 0.2) is 36.5 Å². The van der Waals surface area contributed by atoms with Crippen molar-refractivity contribution in [1.29, 1.82) is 0 Å². The van der Waals surface area contributed by atoms with Gasteiger partial charge >= 0.3 is 6.18 Å². The second-order valence-electron chi connectivity index (χ2n) is 4.12. The minimum atomic E-state index is -4.57. The smallest absolute Gasteiger partial charge is 0.383 e. The van der Waals surface area contributed by atoms with Crippen molar-refractivity contribution >= 4 is 17.4 Å². The van der Waals surface area contributed by atoms with Gasteiger partial charge in [-0.05, 0) is 17.7 Å². The third-order valence-electron chi connectivity index (χ3n) is 2.77. The summed E-state index contributed by atoms with van der Waals surface area (Å²) in [5.74, 6) is -0.0705. The van der Waals surface area contributed by atoms with Gasteiger partial charge in [-0.3, -0.25) is 0 Å². The molecule has 7 heteroatoms. The average molecular weight is 303 g/mol. The monoisotopic (exact) mass is 302 g/mol. The quantitative estimate of drug-likeness (QED) is 0.893. The third kappa shape index (κ3) is 2.86. The number of hydrogen-bond acceptors (Lipinski definition) is 3. The first-order chi connectivity index (χ1) is 9.30. The van der Waals surface area contributed by atoms with Crippen LogP contribution in [0.4, 0.5) is 19.0 Å². The molecule has 0 saturated heterocycles. The molecule has 2 rings (SSSR count). The molecule has 0 bridgehead atoms. The highest BCUT2D eigenvalue weighted by Gasteiger charge is 2.35. The minimum absolute atomic E-state index is 0.0363. The highest BCUT2D eigenvalue weighted by Crippen LogP contribution is 2.37. The lowest BCUT2D eigenvalue weighted by molar-refractivity contribution is -0.139. The standard InChI is InChI=1S/C13H10ClF3N2O/c14-7-5-9(12(18)19-6-7)11(20)8-3-1-2-4-10(8)13(15,16)17/h1-6,11,20H,(H2,18,19). The van der Waals surface area contributed by atoms with Gasteiger partial charge < -0.3 is 10.8 Å². The lowest BCUT2D eigenvalue weighted by atomic mass is 9.97. The van der Waals surface area contributed by atoms with Crippen LogP contribution in [0.5, 0.6) is 0 Å². The van der Waals surface area contributed by atoms with Gasteiger partial charge in [0.05, 0.1) is 10.6 Å². The van der Waals surface area contributed by atoms with E-state index in [-0.39, 0.29) is 22.0 Å². The van der Waals surface area contributed by atoms with Crippen LogP contribution >= 0.6 is 11.6 Å². The van der Waals surface area contributed by atoms with Crippen molar-refractivity contribution in [3.63, 3.8) is 0 Å². The number of anilines is 1. The molecule has 106 valence electrons. The summed E-state index contributed by atoms with van der Waals surface area (Å²) < 4.78 is 38.8. The maximum atomic E-state index is 12.9. The first-order valence-electron chi connectivity index (χ1n) is 5.56. The fourth-order valence-corrected chi connectivity index (χ4v) is 2.01. The Bertz CT molecular complexity index is 631. The molecular formula is C13H10ClF3N2O. The predicted octanol–water partition coefficient (Wildman–Crippen LogP) is 3.42. The number of benzene rings is 1. The molecular weight excluding hydrogens is 293 g/mol. The van der Waals surface area contributed by atoms with Crippen molar-refractivity contribution in [1.82, 2.24) is 4.98 Å². The summed E-state index contributed by atoms with van der Waals surface area (Å²) in [6.45, 7) is 0. The van der Waals surface area contributed by atoms with Gasteiger partial charge in [0.2, 0.25) is 0 Å². The van der Waals surface area contributed by atoms with E-state index >= 15 is 0 Å². The van der Waals surface area contributed by atoms with Gasteiger partial charge in [-0.2, -0.15) is 13.2 Å². The van der Waals surface area contributed by atoms with E-state index in [0.717, 1.165) is 6.07 Å². The Kier molecular flexibility index (Phi) is 3.87. The van der Waals surface area contributed by atoms with Crippen LogP contribution < -0.4 is 5.73 Å². The average Bonchev–Trinajstić information content (AvgIpc) is 2.40. The summed E-state index contributed by atoms with van der Waals surface area (Å²) in [5.41, 5.74) is 4.39. The van der Waals surface area contributed by atoms with Gasteiger partial charge in [-0.25, -0.2) is 4.98 Å². The largest absolute Gasteiger partial charge is 0.416 e. The maximum Gasteiger partial charge on any atom is 0.416 e. The zero-order valence-electron chi connectivity index (χ0n) is 10.0. The Hall–Kier alpha value is -1.79. The van der Waals surface area contributed by atoms with Crippen molar-refractivity contribution in [2.45, 2.75) is 12.3 Å². The zero-order valence-corrected chi connectivity index (χ0v) is 10.8. The molecule has 0 aliphatic rings. The van der Waals surface area contributed by atoms with Crippen LogP contribution in [0.1, 0.15) is 22.8 Å². The number of pyridine rings is 1. The Balaban J connectivity index is 2.54. The van der Waals surface area contributed by atoms with E-state index in [4.69, 9.17) is 17.3 Å². The number of alkyl halides is 3. The normalized spacial score (nSPS) is 13.2. The Morgan fingerprint density at radius 1 is 1.20 bits per heavy atom. The highest BCUT2D eigenvalue weighted by molar-refractivity contribution is 6.30. The molecule has 3 nitrogen and oxygen atoms in total. The number of hydrogen-bond donors (Lipinski definition) is 2. The third-order valence-corrected chi connectivity index (χ3v) is 2.98. The van der Waals surface area contributed by atoms with Crippen molar-refractivity contribution < 1.29 is 18.3 Å². The topological polar surface area (TPSA) is 59.1 Å². The van der Waals surface area contributed by atoms with Crippen molar-refractivity contribution in [3.8, 4) is 0 Å². The van der Waals surface area contributed by atoms with Crippen molar-refractivity contribution in [2.24, 2.45) is 0 Å². The van der Waals surface area contributed by atoms with E-state index in [1.165, 1.54) is 30.5 Å². The summed E-state index contributed by atoms with van der Waals surface area (Å²) in [6.07, 6.45) is -4.87. The summed E-state index contributed by atoms with van der Waals surface area (Å²) in [6, 6.07) is 6.03. The van der Waals surface area contributed by atoms with Gasteiger partial charge in [0.15, 0.2) is 0 Å². The van der Waals surface area contributed by atoms with Crippen LogP contribution in [0.25, 0.3) is 0 Å². The SMILES string of the molecule is Nc1ncc(Cl)cc1C(O)c1ccccc1C(F)(F)F. The van der Waals surface area contributed by atoms with Crippen molar-refractivity contribution in [3.05, 3.63) is 58.2 Å². The molecule has 0 aliphatic carbocycles. The van der Waals surface area contributed by atoms with Gasteiger partial charge in [0, 0.05) is 11.8 Å². The number of nitrogen functional groups attached to an aromatic ring is 1. The molecule has 0 spiro atoms. The molecule has 3 N–H and O–H groups in total. The Labute approximate surface area is 117 Å². The molecule has 0 fully saturated rings. The molecule has 20 heavy (non-hydrogen) atoms. The molecule has 2 aromatic rings. The molecule has 0 aliphatic heterocycles. The second kappa shape index (κ2) is 5.30. The molecule has 0 saturated carbocycles. The van der Waals surface area contributed by atoms with Gasteiger partial charge in [0.25, 0.3) is 0 Å². The van der Waals surface area contributed by atoms with Gasteiger partial charge in [-0.1, -0.05) is 29.8 Å². The molecule has 1 heterocycles. The lowest BCUT2D eigenvalue weighted by Crippen LogP contribution is -2.14. The van der Waals surface area contributed by atoms with Crippen LogP contribution in [0.3, 0.4) is 0 Å². The lowest BCUT2D eigenvalue weighted by Gasteiger charge is -2.18. The van der Waals surface area contributed by atoms with E-state index in [0.29, 0.717) is 0 Å². The Morgan fingerprint density at radius 3 is 2.50 bits per heavy atom. The first kappa shape index (κ1) is 14.6. The number of aliphatic hydroxyl groups excluding tert-OH is 1. The summed E-state index contributed by atoms with van der Waals surface area (Å²) in [4.78, 5) is 3.72. The fraction of sp³-hybridized carbons (Fsp3) is 0.154. The number of aromatic nitrogens is 1. The van der Waals surface area contributed by atoms with Crippen LogP contribution in [-0.2, 0) is 6.18 Å². The summed E-state index contributed by atoms with van der Waals surface area (Å²) in [7, 11) is 0. The second-order valence-corrected chi connectivity index (χ2v) is 4.55. The van der Waals surface area contributed by atoms with Gasteiger partial charge in [-0.15, -0.1) is 0 Å². The van der Waals surface area contributed by atoms with Crippen molar-refractivity contribution in [2.75, 3.05) is 5.73 Å². The summed E-state index contributed by atoms with van der Waals surface area (Å²) >= 11 is 5.73. The van der Waals surface area contributed by atoms with Crippen LogP contribution in [0, 0.1) is 0 Å². The fourth-order valence-electron chi connectivity index (χ4n) is 1.85. The van der Waals surface area contributed by atoms with E-state index < -0.39 is 17.8 Å². The zero-order chi connectivity index (χ0) is 14.9. The number of nitrogens with two attached hydrogens (primary N) is 1. The van der Waals surface area contributed by atoms with Crippen LogP contribution in [-0.4, -0.2) is 10.1 Å². The number of halogens is 4. The number of rotatable bonds is 2. The molecule has 0 amide bonds. The highest BCUT2D eigenvalue weighted by atomic mass is 35.5. The van der Waals surface area contributed by atoms with Gasteiger partial charge in [0.1, 0.15) is 11.9 Å². The molecule has 0 radical (unpaired) electrons. The first-order valence-corrected chi connectivity index (χ1v) is 5.93.